The summed E-state index contributed by atoms with van der Waals surface area (Å²) >= 11 is 1.63. The second-order valence-electron chi connectivity index (χ2n) is 7.09. The lowest BCUT2D eigenvalue weighted by atomic mass is 10.1. The van der Waals surface area contributed by atoms with E-state index in [1.807, 2.05) is 79.9 Å². The van der Waals surface area contributed by atoms with Gasteiger partial charge in [0.2, 0.25) is 0 Å². The number of methoxy groups -OCH3 is 1. The highest BCUT2D eigenvalue weighted by Gasteiger charge is 2.13. The van der Waals surface area contributed by atoms with Gasteiger partial charge in [0.25, 0.3) is 5.91 Å². The lowest BCUT2D eigenvalue weighted by Gasteiger charge is -2.12. The molecule has 0 radical (unpaired) electrons. The topological polar surface area (TPSA) is 60.5 Å². The Balaban J connectivity index is 1.71. The molecule has 0 aliphatic carbocycles. The molecule has 0 spiro atoms. The second-order valence-corrected chi connectivity index (χ2v) is 7.97. The van der Waals surface area contributed by atoms with Crippen LogP contribution in [-0.4, -0.2) is 30.9 Å². The van der Waals surface area contributed by atoms with Gasteiger partial charge in [-0.15, -0.1) is 11.8 Å². The summed E-state index contributed by atoms with van der Waals surface area (Å²) in [6, 6.07) is 22.9. The standard InChI is InChI=1S/C26H24N2O3S/c1-4-31-25-16-24(17-7-5-9-20(13-17)30-2)28-23-12-11-18(14-22(23)25)26(29)27-19-8-6-10-21(15-19)32-3/h5-16H,4H2,1-3H3,(H,27,29). The van der Waals surface area contributed by atoms with Crippen molar-refractivity contribution in [2.75, 3.05) is 25.3 Å². The van der Waals surface area contributed by atoms with Crippen molar-refractivity contribution in [2.24, 2.45) is 0 Å². The zero-order chi connectivity index (χ0) is 22.5. The Morgan fingerprint density at radius 2 is 1.88 bits per heavy atom. The minimum atomic E-state index is -0.176. The Hall–Kier alpha value is -3.51. The molecule has 1 N–H and O–H groups in total. The Morgan fingerprint density at radius 3 is 2.66 bits per heavy atom. The molecule has 5 nitrogen and oxygen atoms in total. The number of fused-ring (bicyclic) bond motifs is 1. The maximum Gasteiger partial charge on any atom is 0.255 e. The number of amides is 1. The molecule has 0 aliphatic rings. The van der Waals surface area contributed by atoms with E-state index >= 15 is 0 Å². The summed E-state index contributed by atoms with van der Waals surface area (Å²) in [5, 5.41) is 3.77. The third-order valence-corrected chi connectivity index (χ3v) is 5.75. The first kappa shape index (κ1) is 21.7. The Kier molecular flexibility index (Phi) is 6.61. The van der Waals surface area contributed by atoms with Gasteiger partial charge in [0.05, 0.1) is 24.9 Å². The van der Waals surface area contributed by atoms with Crippen LogP contribution in [0.4, 0.5) is 5.69 Å². The van der Waals surface area contributed by atoms with E-state index in [0.717, 1.165) is 38.5 Å². The number of anilines is 1. The van der Waals surface area contributed by atoms with Crippen LogP contribution in [0.1, 0.15) is 17.3 Å². The van der Waals surface area contributed by atoms with Crippen LogP contribution < -0.4 is 14.8 Å². The molecule has 0 saturated heterocycles. The van der Waals surface area contributed by atoms with Gasteiger partial charge in [-0.3, -0.25) is 4.79 Å². The molecule has 0 saturated carbocycles. The van der Waals surface area contributed by atoms with Gasteiger partial charge in [0.1, 0.15) is 11.5 Å². The van der Waals surface area contributed by atoms with Crippen LogP contribution in [0, 0.1) is 0 Å². The summed E-state index contributed by atoms with van der Waals surface area (Å²) in [6.45, 7) is 2.45. The van der Waals surface area contributed by atoms with E-state index in [2.05, 4.69) is 5.32 Å². The third kappa shape index (κ3) is 4.70. The maximum atomic E-state index is 12.9. The number of nitrogens with one attached hydrogen (secondary N) is 1. The predicted octanol–water partition coefficient (Wildman–Crippen LogP) is 6.28. The quantitative estimate of drug-likeness (QED) is 0.340. The monoisotopic (exact) mass is 444 g/mol. The van der Waals surface area contributed by atoms with Crippen LogP contribution >= 0.6 is 11.8 Å². The molecule has 162 valence electrons. The summed E-state index contributed by atoms with van der Waals surface area (Å²) in [5.41, 5.74) is 3.78. The average Bonchev–Trinajstić information content (AvgIpc) is 2.84. The lowest BCUT2D eigenvalue weighted by Crippen LogP contribution is -2.12. The number of hydrogen-bond donors (Lipinski definition) is 1. The largest absolute Gasteiger partial charge is 0.497 e. The highest BCUT2D eigenvalue weighted by Crippen LogP contribution is 2.32. The Bertz CT molecular complexity index is 1270. The van der Waals surface area contributed by atoms with Crippen molar-refractivity contribution in [1.29, 1.82) is 0 Å². The van der Waals surface area contributed by atoms with Gasteiger partial charge in [-0.1, -0.05) is 18.2 Å². The number of rotatable bonds is 7. The molecule has 4 aromatic rings. The van der Waals surface area contributed by atoms with Crippen LogP contribution in [0.5, 0.6) is 11.5 Å². The number of nitrogens with zero attached hydrogens (tertiary/aromatic N) is 1. The zero-order valence-corrected chi connectivity index (χ0v) is 19.0. The van der Waals surface area contributed by atoms with Crippen molar-refractivity contribution in [3.8, 4) is 22.8 Å². The van der Waals surface area contributed by atoms with Gasteiger partial charge < -0.3 is 14.8 Å². The fourth-order valence-corrected chi connectivity index (χ4v) is 3.90. The Labute approximate surface area is 191 Å². The fourth-order valence-electron chi connectivity index (χ4n) is 3.45. The molecular formula is C26H24N2O3S. The summed E-state index contributed by atoms with van der Waals surface area (Å²) in [4.78, 5) is 18.8. The van der Waals surface area contributed by atoms with Crippen LogP contribution in [0.15, 0.2) is 77.7 Å². The van der Waals surface area contributed by atoms with Crippen molar-refractivity contribution in [1.82, 2.24) is 4.98 Å². The van der Waals surface area contributed by atoms with Gasteiger partial charge in [-0.2, -0.15) is 0 Å². The molecule has 1 heterocycles. The van der Waals surface area contributed by atoms with E-state index in [-0.39, 0.29) is 5.91 Å². The maximum absolute atomic E-state index is 12.9. The number of hydrogen-bond acceptors (Lipinski definition) is 5. The van der Waals surface area contributed by atoms with E-state index in [0.29, 0.717) is 17.9 Å². The molecule has 0 bridgehead atoms. The van der Waals surface area contributed by atoms with E-state index in [1.165, 1.54) is 0 Å². The number of thioether (sulfide) groups is 1. The normalized spacial score (nSPS) is 10.7. The first-order valence-corrected chi connectivity index (χ1v) is 11.5. The molecule has 1 aromatic heterocycles. The van der Waals surface area contributed by atoms with Gasteiger partial charge >= 0.3 is 0 Å². The van der Waals surface area contributed by atoms with E-state index in [9.17, 15) is 4.79 Å². The summed E-state index contributed by atoms with van der Waals surface area (Å²) in [6.07, 6.45) is 2.01. The second kappa shape index (κ2) is 9.75. The number of carbonyl (C=O) groups excluding carboxylic acids is 1. The van der Waals surface area contributed by atoms with E-state index < -0.39 is 0 Å². The van der Waals surface area contributed by atoms with Crippen molar-refractivity contribution < 1.29 is 14.3 Å². The number of ether oxygens (including phenoxy) is 2. The highest BCUT2D eigenvalue weighted by atomic mass is 32.2. The summed E-state index contributed by atoms with van der Waals surface area (Å²) in [7, 11) is 1.64. The number of carbonyl (C=O) groups is 1. The van der Waals surface area contributed by atoms with Gasteiger partial charge in [-0.25, -0.2) is 4.98 Å². The first-order chi connectivity index (χ1) is 15.6. The van der Waals surface area contributed by atoms with E-state index in [4.69, 9.17) is 14.5 Å². The SMILES string of the molecule is CCOc1cc(-c2cccc(OC)c2)nc2ccc(C(=O)Nc3cccc(SC)c3)cc12. The molecule has 4 rings (SSSR count). The molecule has 0 atom stereocenters. The number of benzene rings is 3. The van der Waals surface area contributed by atoms with Gasteiger partial charge in [-0.05, 0) is 61.7 Å². The zero-order valence-electron chi connectivity index (χ0n) is 18.2. The lowest BCUT2D eigenvalue weighted by molar-refractivity contribution is 0.102. The molecule has 6 heteroatoms. The first-order valence-electron chi connectivity index (χ1n) is 10.3. The smallest absolute Gasteiger partial charge is 0.255 e. The Morgan fingerprint density at radius 1 is 1.03 bits per heavy atom. The third-order valence-electron chi connectivity index (χ3n) is 5.03. The van der Waals surface area contributed by atoms with Crippen molar-refractivity contribution in [3.63, 3.8) is 0 Å². The fraction of sp³-hybridized carbons (Fsp3) is 0.154. The molecule has 0 fully saturated rings. The van der Waals surface area contributed by atoms with Crippen LogP contribution in [0.3, 0.4) is 0 Å². The number of pyridine rings is 1. The minimum absolute atomic E-state index is 0.176. The minimum Gasteiger partial charge on any atom is -0.497 e. The molecule has 1 amide bonds. The molecular weight excluding hydrogens is 420 g/mol. The summed E-state index contributed by atoms with van der Waals surface area (Å²) < 4.78 is 11.3. The van der Waals surface area contributed by atoms with Crippen LogP contribution in [0.2, 0.25) is 0 Å². The van der Waals surface area contributed by atoms with Crippen molar-refractivity contribution in [2.45, 2.75) is 11.8 Å². The molecule has 0 unspecified atom stereocenters. The van der Waals surface area contributed by atoms with Crippen LogP contribution in [-0.2, 0) is 0 Å². The van der Waals surface area contributed by atoms with Crippen molar-refractivity contribution in [3.05, 3.63) is 78.4 Å². The average molecular weight is 445 g/mol. The van der Waals surface area contributed by atoms with Crippen LogP contribution in [0.25, 0.3) is 22.2 Å². The van der Waals surface area contributed by atoms with Gasteiger partial charge in [0.15, 0.2) is 0 Å². The van der Waals surface area contributed by atoms with Crippen molar-refractivity contribution >= 4 is 34.3 Å². The molecule has 32 heavy (non-hydrogen) atoms. The molecule has 0 aliphatic heterocycles. The predicted molar refractivity (Wildman–Crippen MR) is 131 cm³/mol. The summed E-state index contributed by atoms with van der Waals surface area (Å²) in [5.74, 6) is 1.28. The van der Waals surface area contributed by atoms with E-state index in [1.54, 1.807) is 24.9 Å². The number of aromatic nitrogens is 1. The molecule has 3 aromatic carbocycles. The van der Waals surface area contributed by atoms with Gasteiger partial charge in [0, 0.05) is 33.2 Å². The highest BCUT2D eigenvalue weighted by molar-refractivity contribution is 7.98.